The summed E-state index contributed by atoms with van der Waals surface area (Å²) >= 11 is 3.47. The molecule has 1 aliphatic rings. The molecule has 17 heavy (non-hydrogen) atoms. The molecule has 1 N–H and O–H groups in total. The number of aliphatic hydroxyl groups is 1. The van der Waals surface area contributed by atoms with E-state index in [1.165, 1.54) is 0 Å². The Bertz CT molecular complexity index is 376. The maximum Gasteiger partial charge on any atom is 0.228 e. The fourth-order valence-corrected chi connectivity index (χ4v) is 2.75. The zero-order chi connectivity index (χ0) is 12.3. The van der Waals surface area contributed by atoms with Gasteiger partial charge in [-0.2, -0.15) is 0 Å². The Morgan fingerprint density at radius 1 is 1.41 bits per heavy atom. The van der Waals surface area contributed by atoms with Gasteiger partial charge in [-0.3, -0.25) is 0 Å². The molecule has 3 nitrogen and oxygen atoms in total. The van der Waals surface area contributed by atoms with Crippen molar-refractivity contribution in [2.24, 2.45) is 5.92 Å². The minimum absolute atomic E-state index is 0.240. The van der Waals surface area contributed by atoms with Crippen LogP contribution in [0.4, 0.5) is 0 Å². The summed E-state index contributed by atoms with van der Waals surface area (Å²) in [6, 6.07) is 2.02. The van der Waals surface area contributed by atoms with Crippen LogP contribution in [0.25, 0.3) is 0 Å². The second-order valence-corrected chi connectivity index (χ2v) is 5.60. The topological polar surface area (TPSA) is 42.4 Å². The zero-order valence-corrected chi connectivity index (χ0v) is 11.6. The summed E-state index contributed by atoms with van der Waals surface area (Å²) in [4.78, 5) is 4.29. The van der Waals surface area contributed by atoms with Gasteiger partial charge in [-0.25, -0.2) is 4.98 Å². The Kier molecular flexibility index (Phi) is 4.40. The van der Waals surface area contributed by atoms with Gasteiger partial charge in [0.05, 0.1) is 4.47 Å². The lowest BCUT2D eigenvalue weighted by atomic mass is 9.88. The molecule has 0 unspecified atom stereocenters. The van der Waals surface area contributed by atoms with Gasteiger partial charge in [-0.1, -0.05) is 0 Å². The van der Waals surface area contributed by atoms with E-state index in [4.69, 9.17) is 9.84 Å². The zero-order valence-electron chi connectivity index (χ0n) is 10.0. The molecular weight excluding hydrogens is 282 g/mol. The molecule has 2 rings (SSSR count). The summed E-state index contributed by atoms with van der Waals surface area (Å²) in [5, 5.41) is 9.08. The molecule has 0 spiro atoms. The van der Waals surface area contributed by atoms with E-state index in [0.717, 1.165) is 35.7 Å². The molecule has 4 heteroatoms. The number of hydrogen-bond donors (Lipinski definition) is 1. The highest BCUT2D eigenvalue weighted by atomic mass is 79.9. The molecule has 1 fully saturated rings. The fraction of sp³-hybridized carbons (Fsp3) is 0.615. The van der Waals surface area contributed by atoms with Crippen molar-refractivity contribution in [3.8, 4) is 5.88 Å². The van der Waals surface area contributed by atoms with Crippen molar-refractivity contribution in [3.63, 3.8) is 0 Å². The molecule has 0 bridgehead atoms. The van der Waals surface area contributed by atoms with Crippen molar-refractivity contribution in [2.75, 3.05) is 6.61 Å². The molecule has 0 atom stereocenters. The molecular formula is C13H18BrNO2. The smallest absolute Gasteiger partial charge is 0.228 e. The molecule has 0 amide bonds. The molecule has 0 saturated heterocycles. The second kappa shape index (κ2) is 5.83. The number of pyridine rings is 1. The van der Waals surface area contributed by atoms with Crippen molar-refractivity contribution in [1.29, 1.82) is 0 Å². The molecule has 94 valence electrons. The average molecular weight is 300 g/mol. The van der Waals surface area contributed by atoms with E-state index in [2.05, 4.69) is 20.9 Å². The number of halogens is 1. The van der Waals surface area contributed by atoms with Crippen LogP contribution in [0, 0.1) is 12.8 Å². The van der Waals surface area contributed by atoms with Crippen LogP contribution >= 0.6 is 15.9 Å². The lowest BCUT2D eigenvalue weighted by Crippen LogP contribution is -2.26. The SMILES string of the molecule is Cc1cnc(OC2CCC(CO)CC2)c(Br)c1. The quantitative estimate of drug-likeness (QED) is 0.933. The Labute approximate surface area is 110 Å². The van der Waals surface area contributed by atoms with Crippen LogP contribution < -0.4 is 4.74 Å². The van der Waals surface area contributed by atoms with Gasteiger partial charge in [0.15, 0.2) is 0 Å². The standard InChI is InChI=1S/C13H18BrNO2/c1-9-6-12(14)13(15-7-9)17-11-4-2-10(8-16)3-5-11/h6-7,10-11,16H,2-5,8H2,1H3. The third-order valence-corrected chi connectivity index (χ3v) is 3.84. The van der Waals surface area contributed by atoms with Gasteiger partial charge in [-0.15, -0.1) is 0 Å². The van der Waals surface area contributed by atoms with E-state index in [0.29, 0.717) is 18.4 Å². The molecule has 1 saturated carbocycles. The van der Waals surface area contributed by atoms with Crippen LogP contribution in [0.15, 0.2) is 16.7 Å². The number of aliphatic hydroxyl groups excluding tert-OH is 1. The number of hydrogen-bond acceptors (Lipinski definition) is 3. The van der Waals surface area contributed by atoms with Crippen molar-refractivity contribution in [1.82, 2.24) is 4.98 Å². The number of ether oxygens (including phenoxy) is 1. The Morgan fingerprint density at radius 3 is 2.71 bits per heavy atom. The van der Waals surface area contributed by atoms with E-state index >= 15 is 0 Å². The highest BCUT2D eigenvalue weighted by molar-refractivity contribution is 9.10. The van der Waals surface area contributed by atoms with Crippen LogP contribution in [-0.2, 0) is 0 Å². The minimum atomic E-state index is 0.240. The summed E-state index contributed by atoms with van der Waals surface area (Å²) < 4.78 is 6.81. The van der Waals surface area contributed by atoms with Crippen LogP contribution in [0.3, 0.4) is 0 Å². The molecule has 1 aromatic heterocycles. The number of aromatic nitrogens is 1. The first-order chi connectivity index (χ1) is 8.19. The maximum atomic E-state index is 9.08. The number of aryl methyl sites for hydroxylation is 1. The molecule has 1 aromatic rings. The minimum Gasteiger partial charge on any atom is -0.474 e. The highest BCUT2D eigenvalue weighted by Crippen LogP contribution is 2.30. The van der Waals surface area contributed by atoms with Gasteiger partial charge in [0, 0.05) is 12.8 Å². The molecule has 0 aliphatic heterocycles. The van der Waals surface area contributed by atoms with Crippen LogP contribution in [-0.4, -0.2) is 22.8 Å². The summed E-state index contributed by atoms with van der Waals surface area (Å²) in [6.07, 6.45) is 6.17. The predicted octanol–water partition coefficient (Wildman–Crippen LogP) is 3.08. The maximum absolute atomic E-state index is 9.08. The second-order valence-electron chi connectivity index (χ2n) is 4.74. The lowest BCUT2D eigenvalue weighted by molar-refractivity contribution is 0.0998. The van der Waals surface area contributed by atoms with Crippen LogP contribution in [0.1, 0.15) is 31.2 Å². The molecule has 1 aliphatic carbocycles. The van der Waals surface area contributed by atoms with Gasteiger partial charge in [0.25, 0.3) is 0 Å². The van der Waals surface area contributed by atoms with Gasteiger partial charge in [-0.05, 0) is 66.1 Å². The van der Waals surface area contributed by atoms with Crippen LogP contribution in [0.5, 0.6) is 5.88 Å². The number of rotatable bonds is 3. The fourth-order valence-electron chi connectivity index (χ4n) is 2.20. The van der Waals surface area contributed by atoms with Gasteiger partial charge < -0.3 is 9.84 Å². The van der Waals surface area contributed by atoms with E-state index in [1.54, 1.807) is 0 Å². The van der Waals surface area contributed by atoms with E-state index in [1.807, 2.05) is 19.2 Å². The van der Waals surface area contributed by atoms with Crippen molar-refractivity contribution in [3.05, 3.63) is 22.3 Å². The Morgan fingerprint density at radius 2 is 2.12 bits per heavy atom. The van der Waals surface area contributed by atoms with Crippen molar-refractivity contribution >= 4 is 15.9 Å². The average Bonchev–Trinajstić information content (AvgIpc) is 2.34. The molecule has 1 heterocycles. The molecule has 0 aromatic carbocycles. The molecule has 0 radical (unpaired) electrons. The largest absolute Gasteiger partial charge is 0.474 e. The van der Waals surface area contributed by atoms with E-state index < -0.39 is 0 Å². The monoisotopic (exact) mass is 299 g/mol. The lowest BCUT2D eigenvalue weighted by Gasteiger charge is -2.27. The van der Waals surface area contributed by atoms with Crippen molar-refractivity contribution < 1.29 is 9.84 Å². The van der Waals surface area contributed by atoms with Crippen LogP contribution in [0.2, 0.25) is 0 Å². The first kappa shape index (κ1) is 12.8. The first-order valence-corrected chi connectivity index (χ1v) is 6.88. The van der Waals surface area contributed by atoms with E-state index in [9.17, 15) is 0 Å². The van der Waals surface area contributed by atoms with Gasteiger partial charge >= 0.3 is 0 Å². The van der Waals surface area contributed by atoms with Gasteiger partial charge in [0.1, 0.15) is 6.10 Å². The normalized spacial score (nSPS) is 24.6. The summed E-state index contributed by atoms with van der Waals surface area (Å²) in [7, 11) is 0. The van der Waals surface area contributed by atoms with E-state index in [-0.39, 0.29) is 6.10 Å². The van der Waals surface area contributed by atoms with Gasteiger partial charge in [0.2, 0.25) is 5.88 Å². The summed E-state index contributed by atoms with van der Waals surface area (Å²) in [6.45, 7) is 2.31. The Balaban J connectivity index is 1.93. The Hall–Kier alpha value is -0.610. The van der Waals surface area contributed by atoms with Crippen molar-refractivity contribution in [2.45, 2.75) is 38.7 Å². The number of nitrogens with zero attached hydrogens (tertiary/aromatic N) is 1. The third-order valence-electron chi connectivity index (χ3n) is 3.27. The summed E-state index contributed by atoms with van der Waals surface area (Å²) in [5.41, 5.74) is 1.12. The predicted molar refractivity (Wildman–Crippen MR) is 70.1 cm³/mol. The summed E-state index contributed by atoms with van der Waals surface area (Å²) in [5.74, 6) is 1.15. The third kappa shape index (κ3) is 3.42. The first-order valence-electron chi connectivity index (χ1n) is 6.08. The highest BCUT2D eigenvalue weighted by Gasteiger charge is 2.22.